The molecule has 2 bridgehead atoms. The van der Waals surface area contributed by atoms with Crippen LogP contribution in [0.15, 0.2) is 33.5 Å². The third kappa shape index (κ3) is 3.35. The number of nitrogens with zero attached hydrogens (tertiary/aromatic N) is 2. The smallest absolute Gasteiger partial charge is 0.289 e. The molecule has 0 saturated carbocycles. The van der Waals surface area contributed by atoms with Crippen LogP contribution >= 0.6 is 0 Å². The Kier molecular flexibility index (Phi) is 4.80. The van der Waals surface area contributed by atoms with Gasteiger partial charge in [-0.3, -0.25) is 14.4 Å². The summed E-state index contributed by atoms with van der Waals surface area (Å²) in [6.07, 6.45) is 1.09. The van der Waals surface area contributed by atoms with Crippen LogP contribution in [0.25, 0.3) is 0 Å². The van der Waals surface area contributed by atoms with Gasteiger partial charge in [0.15, 0.2) is 5.76 Å². The van der Waals surface area contributed by atoms with Gasteiger partial charge < -0.3 is 24.5 Å². The lowest BCUT2D eigenvalue weighted by molar-refractivity contribution is 0.0794. The summed E-state index contributed by atoms with van der Waals surface area (Å²) < 4.78 is 7.23. The van der Waals surface area contributed by atoms with E-state index in [0.717, 1.165) is 25.2 Å². The van der Waals surface area contributed by atoms with Crippen molar-refractivity contribution in [2.75, 3.05) is 27.2 Å². The Morgan fingerprint density at radius 1 is 1.25 bits per heavy atom. The van der Waals surface area contributed by atoms with Gasteiger partial charge in [0.25, 0.3) is 17.4 Å². The van der Waals surface area contributed by atoms with Crippen molar-refractivity contribution in [3.05, 3.63) is 57.4 Å². The summed E-state index contributed by atoms with van der Waals surface area (Å²) in [5.41, 5.74) is 0.894. The number of aromatic nitrogens is 1. The molecule has 28 heavy (non-hydrogen) atoms. The van der Waals surface area contributed by atoms with Crippen LogP contribution in [0.5, 0.6) is 0 Å². The Labute approximate surface area is 162 Å². The maximum absolute atomic E-state index is 12.9. The van der Waals surface area contributed by atoms with Crippen LogP contribution in [-0.4, -0.2) is 48.5 Å². The molecule has 2 aliphatic rings. The second kappa shape index (κ2) is 7.27. The minimum absolute atomic E-state index is 0.107. The van der Waals surface area contributed by atoms with Gasteiger partial charge in [-0.2, -0.15) is 0 Å². The van der Waals surface area contributed by atoms with E-state index < -0.39 is 5.91 Å². The summed E-state index contributed by atoms with van der Waals surface area (Å²) in [7, 11) is 3.28. The standard InChI is InChI=1S/C20H24N4O4/c1-23(2)20(27)17-6-3-14(28-17)10-22-18(25)15-4-5-16-13-7-12(8-21-9-13)11-24(16)19(15)26/h3-6,12-13,21H,7-11H2,1-2H3,(H,22,25)/t12-,13+/m0/s1. The molecule has 4 heterocycles. The zero-order valence-electron chi connectivity index (χ0n) is 16.0. The van der Waals surface area contributed by atoms with Crippen molar-refractivity contribution in [3.63, 3.8) is 0 Å². The Hall–Kier alpha value is -2.87. The zero-order valence-corrected chi connectivity index (χ0v) is 16.0. The minimum Gasteiger partial charge on any atom is -0.454 e. The van der Waals surface area contributed by atoms with Crippen molar-refractivity contribution in [1.29, 1.82) is 0 Å². The molecule has 4 rings (SSSR count). The molecule has 0 aliphatic carbocycles. The normalized spacial score (nSPS) is 20.4. The highest BCUT2D eigenvalue weighted by molar-refractivity contribution is 5.94. The number of amides is 2. The maximum Gasteiger partial charge on any atom is 0.289 e. The van der Waals surface area contributed by atoms with E-state index in [1.165, 1.54) is 4.90 Å². The molecule has 8 heteroatoms. The van der Waals surface area contributed by atoms with Crippen LogP contribution in [0.4, 0.5) is 0 Å². The molecule has 2 aromatic heterocycles. The summed E-state index contributed by atoms with van der Waals surface area (Å²) in [5, 5.41) is 6.12. The first-order chi connectivity index (χ1) is 13.4. The van der Waals surface area contributed by atoms with Gasteiger partial charge in [0.2, 0.25) is 0 Å². The van der Waals surface area contributed by atoms with Crippen molar-refractivity contribution in [3.8, 4) is 0 Å². The maximum atomic E-state index is 12.9. The van der Waals surface area contributed by atoms with Crippen molar-refractivity contribution in [2.24, 2.45) is 5.92 Å². The number of piperidine rings is 1. The fraction of sp³-hybridized carbons (Fsp3) is 0.450. The van der Waals surface area contributed by atoms with E-state index in [-0.39, 0.29) is 29.3 Å². The SMILES string of the molecule is CN(C)C(=O)c1ccc(CNC(=O)c2ccc3n(c2=O)C[C@@H]2CNC[C@H]3C2)o1. The van der Waals surface area contributed by atoms with E-state index in [1.807, 2.05) is 6.07 Å². The van der Waals surface area contributed by atoms with Gasteiger partial charge >= 0.3 is 0 Å². The first-order valence-electron chi connectivity index (χ1n) is 9.47. The fourth-order valence-electron chi connectivity index (χ4n) is 4.03. The first kappa shape index (κ1) is 18.5. The third-order valence-corrected chi connectivity index (χ3v) is 5.46. The van der Waals surface area contributed by atoms with Crippen LogP contribution in [0, 0.1) is 5.92 Å². The molecule has 2 amide bonds. The van der Waals surface area contributed by atoms with Crippen molar-refractivity contribution < 1.29 is 14.0 Å². The van der Waals surface area contributed by atoms with Gasteiger partial charge in [-0.1, -0.05) is 0 Å². The van der Waals surface area contributed by atoms with Crippen molar-refractivity contribution >= 4 is 11.8 Å². The third-order valence-electron chi connectivity index (χ3n) is 5.46. The van der Waals surface area contributed by atoms with Gasteiger partial charge in [-0.15, -0.1) is 0 Å². The molecule has 2 aromatic rings. The fourth-order valence-corrected chi connectivity index (χ4v) is 4.03. The van der Waals surface area contributed by atoms with Gasteiger partial charge in [0, 0.05) is 38.8 Å². The second-order valence-electron chi connectivity index (χ2n) is 7.69. The number of rotatable bonds is 4. The number of furan rings is 1. The van der Waals surface area contributed by atoms with Crippen molar-refractivity contribution in [1.82, 2.24) is 20.1 Å². The van der Waals surface area contributed by atoms with E-state index >= 15 is 0 Å². The van der Waals surface area contributed by atoms with E-state index in [9.17, 15) is 14.4 Å². The molecule has 1 fully saturated rings. The molecule has 0 spiro atoms. The monoisotopic (exact) mass is 384 g/mol. The van der Waals surface area contributed by atoms with Crippen LogP contribution in [0.1, 0.15) is 44.7 Å². The van der Waals surface area contributed by atoms with Crippen LogP contribution in [0.3, 0.4) is 0 Å². The quantitative estimate of drug-likeness (QED) is 0.812. The molecular weight excluding hydrogens is 360 g/mol. The average molecular weight is 384 g/mol. The van der Waals surface area contributed by atoms with E-state index in [4.69, 9.17) is 4.42 Å². The molecule has 148 valence electrons. The lowest BCUT2D eigenvalue weighted by atomic mass is 9.84. The number of hydrogen-bond donors (Lipinski definition) is 2. The Balaban J connectivity index is 1.48. The molecule has 8 nitrogen and oxygen atoms in total. The molecular formula is C20H24N4O4. The predicted molar refractivity (Wildman–Crippen MR) is 102 cm³/mol. The summed E-state index contributed by atoms with van der Waals surface area (Å²) in [5.74, 6) is 0.739. The predicted octanol–water partition coefficient (Wildman–Crippen LogP) is 0.780. The average Bonchev–Trinajstić information content (AvgIpc) is 3.15. The summed E-state index contributed by atoms with van der Waals surface area (Å²) in [6, 6.07) is 6.72. The lowest BCUT2D eigenvalue weighted by Crippen LogP contribution is -2.46. The van der Waals surface area contributed by atoms with Gasteiger partial charge in [-0.25, -0.2) is 0 Å². The highest BCUT2D eigenvalue weighted by Crippen LogP contribution is 2.31. The number of pyridine rings is 1. The van der Waals surface area contributed by atoms with E-state index in [1.54, 1.807) is 36.9 Å². The van der Waals surface area contributed by atoms with Crippen LogP contribution in [-0.2, 0) is 13.1 Å². The number of nitrogens with one attached hydrogen (secondary N) is 2. The van der Waals surface area contributed by atoms with Crippen LogP contribution in [0.2, 0.25) is 0 Å². The second-order valence-corrected chi connectivity index (χ2v) is 7.69. The largest absolute Gasteiger partial charge is 0.454 e. The number of fused-ring (bicyclic) bond motifs is 4. The minimum atomic E-state index is -0.439. The molecule has 0 unspecified atom stereocenters. The highest BCUT2D eigenvalue weighted by Gasteiger charge is 2.31. The van der Waals surface area contributed by atoms with Crippen molar-refractivity contribution in [2.45, 2.75) is 25.4 Å². The van der Waals surface area contributed by atoms with Crippen LogP contribution < -0.4 is 16.2 Å². The molecule has 2 atom stereocenters. The Bertz CT molecular complexity index is 975. The Morgan fingerprint density at radius 2 is 2.07 bits per heavy atom. The van der Waals surface area contributed by atoms with Gasteiger partial charge in [-0.05, 0) is 43.1 Å². The summed E-state index contributed by atoms with van der Waals surface area (Å²) in [4.78, 5) is 38.7. The van der Waals surface area contributed by atoms with E-state index in [2.05, 4.69) is 10.6 Å². The van der Waals surface area contributed by atoms with E-state index in [0.29, 0.717) is 24.1 Å². The first-order valence-corrected chi connectivity index (χ1v) is 9.47. The number of carbonyl (C=O) groups excluding carboxylic acids is 2. The zero-order chi connectivity index (χ0) is 19.8. The number of hydrogen-bond acceptors (Lipinski definition) is 5. The molecule has 0 aromatic carbocycles. The molecule has 1 saturated heterocycles. The Morgan fingerprint density at radius 3 is 2.86 bits per heavy atom. The molecule has 2 aliphatic heterocycles. The topological polar surface area (TPSA) is 96.6 Å². The van der Waals surface area contributed by atoms with Gasteiger partial charge in [0.1, 0.15) is 11.3 Å². The summed E-state index contributed by atoms with van der Waals surface area (Å²) >= 11 is 0. The lowest BCUT2D eigenvalue weighted by Gasteiger charge is -2.37. The highest BCUT2D eigenvalue weighted by atomic mass is 16.4. The molecule has 2 N–H and O–H groups in total. The summed E-state index contributed by atoms with van der Waals surface area (Å²) in [6.45, 7) is 2.53. The number of carbonyl (C=O) groups is 2. The molecule has 0 radical (unpaired) electrons. The van der Waals surface area contributed by atoms with Gasteiger partial charge in [0.05, 0.1) is 6.54 Å².